The molecule has 3 rings (SSSR count). The quantitative estimate of drug-likeness (QED) is 0.743. The lowest BCUT2D eigenvalue weighted by Crippen LogP contribution is -2.38. The molecule has 0 bridgehead atoms. The Morgan fingerprint density at radius 3 is 2.70 bits per heavy atom. The van der Waals surface area contributed by atoms with Gasteiger partial charge in [-0.15, -0.1) is 11.3 Å². The van der Waals surface area contributed by atoms with Crippen LogP contribution in [0.1, 0.15) is 17.7 Å². The summed E-state index contributed by atoms with van der Waals surface area (Å²) in [6.45, 7) is 1.05. The maximum Gasteiger partial charge on any atom is 0.247 e. The first kappa shape index (κ1) is 19.3. The Labute approximate surface area is 161 Å². The van der Waals surface area contributed by atoms with Gasteiger partial charge in [0.1, 0.15) is 16.6 Å². The first-order valence-electron chi connectivity index (χ1n) is 8.25. The number of nitrogens with zero attached hydrogens (tertiary/aromatic N) is 1. The van der Waals surface area contributed by atoms with Crippen LogP contribution in [0.4, 0.5) is 5.69 Å². The van der Waals surface area contributed by atoms with E-state index < -0.39 is 10.0 Å². The predicted octanol–water partition coefficient (Wildman–Crippen LogP) is 1.22. The Morgan fingerprint density at radius 2 is 1.96 bits per heavy atom. The molecule has 0 aliphatic carbocycles. The summed E-state index contributed by atoms with van der Waals surface area (Å²) in [5.74, 6) is 0.230. The molecule has 0 fully saturated rings. The molecular formula is C17H19N3O5S2. The van der Waals surface area contributed by atoms with E-state index in [2.05, 4.69) is 5.32 Å². The Morgan fingerprint density at radius 1 is 1.19 bits per heavy atom. The highest BCUT2D eigenvalue weighted by Gasteiger charge is 2.23. The smallest absolute Gasteiger partial charge is 0.247 e. The van der Waals surface area contributed by atoms with Crippen molar-refractivity contribution in [3.63, 3.8) is 0 Å². The van der Waals surface area contributed by atoms with E-state index >= 15 is 0 Å². The third-order valence-electron chi connectivity index (χ3n) is 3.97. The second-order valence-corrected chi connectivity index (χ2v) is 8.86. The summed E-state index contributed by atoms with van der Waals surface area (Å²) in [6, 6.07) is 10.3. The standard InChI is InChI=1S/C17H19N3O5S2/c18-27(23,24)17-8-5-12(26-17)11-19-15(21)6-7-16(22)20-9-10-25-14-4-2-1-3-13(14)20/h1-5,8H,6-7,9-11H2,(H,19,21)(H2,18,23,24). The number of para-hydroxylation sites is 2. The molecule has 2 aromatic rings. The molecule has 0 saturated carbocycles. The van der Waals surface area contributed by atoms with Gasteiger partial charge in [0.15, 0.2) is 0 Å². The van der Waals surface area contributed by atoms with E-state index in [-0.39, 0.29) is 35.4 Å². The minimum Gasteiger partial charge on any atom is -0.490 e. The van der Waals surface area contributed by atoms with Crippen LogP contribution in [0.15, 0.2) is 40.6 Å². The largest absolute Gasteiger partial charge is 0.490 e. The molecule has 2 heterocycles. The van der Waals surface area contributed by atoms with Gasteiger partial charge in [-0.3, -0.25) is 9.59 Å². The van der Waals surface area contributed by atoms with Gasteiger partial charge in [0.25, 0.3) is 0 Å². The number of primary sulfonamides is 1. The fraction of sp³-hybridized carbons (Fsp3) is 0.294. The van der Waals surface area contributed by atoms with Crippen molar-refractivity contribution in [2.45, 2.75) is 23.6 Å². The van der Waals surface area contributed by atoms with Gasteiger partial charge in [0, 0.05) is 17.7 Å². The van der Waals surface area contributed by atoms with Crippen LogP contribution in [0.25, 0.3) is 0 Å². The number of hydrogen-bond donors (Lipinski definition) is 2. The van der Waals surface area contributed by atoms with Gasteiger partial charge in [0.05, 0.1) is 18.8 Å². The molecule has 0 saturated heterocycles. The number of sulfonamides is 1. The summed E-state index contributed by atoms with van der Waals surface area (Å²) >= 11 is 1.00. The second-order valence-electron chi connectivity index (χ2n) is 5.90. The molecule has 0 radical (unpaired) electrons. The van der Waals surface area contributed by atoms with E-state index in [4.69, 9.17) is 9.88 Å². The lowest BCUT2D eigenvalue weighted by Gasteiger charge is -2.29. The number of ether oxygens (including phenoxy) is 1. The minimum atomic E-state index is -3.73. The van der Waals surface area contributed by atoms with E-state index in [1.807, 2.05) is 18.2 Å². The number of amides is 2. The first-order chi connectivity index (χ1) is 12.8. The molecule has 8 nitrogen and oxygen atoms in total. The van der Waals surface area contributed by atoms with Crippen molar-refractivity contribution in [1.29, 1.82) is 0 Å². The number of anilines is 1. The lowest BCUT2D eigenvalue weighted by atomic mass is 10.2. The van der Waals surface area contributed by atoms with Crippen LogP contribution in [0.3, 0.4) is 0 Å². The average Bonchev–Trinajstić information content (AvgIpc) is 3.13. The SMILES string of the molecule is NS(=O)(=O)c1ccc(CNC(=O)CCC(=O)N2CCOc3ccccc32)s1. The molecule has 0 spiro atoms. The number of rotatable bonds is 6. The van der Waals surface area contributed by atoms with Crippen molar-refractivity contribution in [1.82, 2.24) is 5.32 Å². The number of benzene rings is 1. The minimum absolute atomic E-state index is 0.0474. The number of carbonyl (C=O) groups is 2. The summed E-state index contributed by atoms with van der Waals surface area (Å²) in [5.41, 5.74) is 0.711. The zero-order valence-electron chi connectivity index (χ0n) is 14.4. The van der Waals surface area contributed by atoms with E-state index in [1.165, 1.54) is 6.07 Å². The van der Waals surface area contributed by atoms with Crippen LogP contribution in [-0.2, 0) is 26.2 Å². The Bertz CT molecular complexity index is 955. The molecule has 1 aliphatic heterocycles. The van der Waals surface area contributed by atoms with Crippen LogP contribution in [0.2, 0.25) is 0 Å². The van der Waals surface area contributed by atoms with Crippen molar-refractivity contribution < 1.29 is 22.7 Å². The summed E-state index contributed by atoms with van der Waals surface area (Å²) in [7, 11) is -3.73. The molecule has 144 valence electrons. The number of nitrogens with two attached hydrogens (primary N) is 1. The van der Waals surface area contributed by atoms with Crippen molar-refractivity contribution in [3.05, 3.63) is 41.3 Å². The average molecular weight is 409 g/mol. The summed E-state index contributed by atoms with van der Waals surface area (Å²) in [4.78, 5) is 26.8. The monoisotopic (exact) mass is 409 g/mol. The van der Waals surface area contributed by atoms with Crippen LogP contribution in [-0.4, -0.2) is 33.4 Å². The molecule has 10 heteroatoms. The number of fused-ring (bicyclic) bond motifs is 1. The topological polar surface area (TPSA) is 119 Å². The van der Waals surface area contributed by atoms with Crippen molar-refractivity contribution in [2.24, 2.45) is 5.14 Å². The molecule has 1 aliphatic rings. The van der Waals surface area contributed by atoms with Crippen LogP contribution >= 0.6 is 11.3 Å². The summed E-state index contributed by atoms with van der Waals surface area (Å²) in [6.07, 6.45) is 0.124. The third-order valence-corrected chi connectivity index (χ3v) is 6.50. The van der Waals surface area contributed by atoms with Gasteiger partial charge in [-0.05, 0) is 24.3 Å². The molecule has 0 unspecified atom stereocenters. The highest BCUT2D eigenvalue weighted by atomic mass is 32.2. The maximum atomic E-state index is 12.5. The van der Waals surface area contributed by atoms with Crippen molar-refractivity contribution in [3.8, 4) is 5.75 Å². The van der Waals surface area contributed by atoms with Gasteiger partial charge in [0.2, 0.25) is 21.8 Å². The first-order valence-corrected chi connectivity index (χ1v) is 10.6. The van der Waals surface area contributed by atoms with E-state index in [9.17, 15) is 18.0 Å². The Balaban J connectivity index is 1.50. The van der Waals surface area contributed by atoms with Gasteiger partial charge in [-0.1, -0.05) is 12.1 Å². The van der Waals surface area contributed by atoms with Crippen molar-refractivity contribution in [2.75, 3.05) is 18.1 Å². The van der Waals surface area contributed by atoms with Crippen LogP contribution < -0.4 is 20.1 Å². The third kappa shape index (κ3) is 4.85. The van der Waals surface area contributed by atoms with Crippen molar-refractivity contribution >= 4 is 38.9 Å². The fourth-order valence-electron chi connectivity index (χ4n) is 2.66. The summed E-state index contributed by atoms with van der Waals surface area (Å²) in [5, 5.41) is 7.74. The lowest BCUT2D eigenvalue weighted by molar-refractivity contribution is -0.125. The molecule has 1 aromatic heterocycles. The molecule has 1 aromatic carbocycles. The fourth-order valence-corrected chi connectivity index (χ4v) is 4.38. The zero-order valence-corrected chi connectivity index (χ0v) is 16.0. The van der Waals surface area contributed by atoms with Gasteiger partial charge >= 0.3 is 0 Å². The number of nitrogens with one attached hydrogen (secondary N) is 1. The Kier molecular flexibility index (Phi) is 5.78. The Hall–Kier alpha value is -2.43. The van der Waals surface area contributed by atoms with Gasteiger partial charge in [-0.2, -0.15) is 0 Å². The second kappa shape index (κ2) is 8.07. The molecule has 27 heavy (non-hydrogen) atoms. The van der Waals surface area contributed by atoms with Crippen LogP contribution in [0.5, 0.6) is 5.75 Å². The van der Waals surface area contributed by atoms with Crippen LogP contribution in [0, 0.1) is 0 Å². The molecule has 2 amide bonds. The van der Waals surface area contributed by atoms with Gasteiger partial charge in [-0.25, -0.2) is 13.6 Å². The normalized spacial score (nSPS) is 13.6. The highest BCUT2D eigenvalue weighted by molar-refractivity contribution is 7.91. The summed E-state index contributed by atoms with van der Waals surface area (Å²) < 4.78 is 28.1. The van der Waals surface area contributed by atoms with E-state index in [0.717, 1.165) is 11.3 Å². The predicted molar refractivity (Wildman–Crippen MR) is 101 cm³/mol. The molecule has 3 N–H and O–H groups in total. The number of carbonyl (C=O) groups excluding carboxylic acids is 2. The van der Waals surface area contributed by atoms with E-state index in [1.54, 1.807) is 17.0 Å². The van der Waals surface area contributed by atoms with E-state index in [0.29, 0.717) is 29.5 Å². The maximum absolute atomic E-state index is 12.5. The number of thiophene rings is 1. The molecule has 0 atom stereocenters. The van der Waals surface area contributed by atoms with Gasteiger partial charge < -0.3 is 15.0 Å². The zero-order chi connectivity index (χ0) is 19.4. The number of hydrogen-bond acceptors (Lipinski definition) is 6. The molecular weight excluding hydrogens is 390 g/mol. The highest BCUT2D eigenvalue weighted by Crippen LogP contribution is 2.31.